The molecule has 1 fully saturated rings. The molecule has 0 radical (unpaired) electrons. The average Bonchev–Trinajstić information content (AvgIpc) is 2.72. The minimum absolute atomic E-state index is 0.0257. The number of carbonyl (C=O) groups excluding carboxylic acids is 1. The third-order valence-electron chi connectivity index (χ3n) is 2.51. The number of hydrogen-bond donors (Lipinski definition) is 1. The summed E-state index contributed by atoms with van der Waals surface area (Å²) in [5.41, 5.74) is 4.66. The van der Waals surface area contributed by atoms with Gasteiger partial charge >= 0.3 is 0 Å². The van der Waals surface area contributed by atoms with Crippen molar-refractivity contribution in [1.82, 2.24) is 0 Å². The van der Waals surface area contributed by atoms with Crippen molar-refractivity contribution >= 4 is 21.7 Å². The van der Waals surface area contributed by atoms with Crippen LogP contribution in [0.1, 0.15) is 33.6 Å². The summed E-state index contributed by atoms with van der Waals surface area (Å²) in [6, 6.07) is 5.41. The number of rotatable bonds is 2. The van der Waals surface area contributed by atoms with Gasteiger partial charge < -0.3 is 15.2 Å². The Morgan fingerprint density at radius 3 is 2.00 bits per heavy atom. The molecule has 1 aliphatic heterocycles. The highest BCUT2D eigenvalue weighted by atomic mass is 32.2. The van der Waals surface area contributed by atoms with Crippen LogP contribution < -0.4 is 10.6 Å². The Bertz CT molecular complexity index is 582. The van der Waals surface area contributed by atoms with Crippen LogP contribution in [-0.2, 0) is 14.9 Å². The largest absolute Gasteiger partial charge is 0.744 e. The summed E-state index contributed by atoms with van der Waals surface area (Å²) in [6.07, 6.45) is 1.32. The third-order valence-corrected chi connectivity index (χ3v) is 3.36. The molecule has 1 aliphatic rings. The molecule has 0 spiro atoms. The van der Waals surface area contributed by atoms with Crippen molar-refractivity contribution in [2.45, 2.75) is 44.0 Å². The van der Waals surface area contributed by atoms with E-state index in [2.05, 4.69) is 26.5 Å². The number of nitrogens with zero attached hydrogens (tertiary/aromatic N) is 1. The van der Waals surface area contributed by atoms with E-state index in [-0.39, 0.29) is 16.3 Å². The second-order valence-electron chi connectivity index (χ2n) is 6.16. The van der Waals surface area contributed by atoms with Crippen molar-refractivity contribution in [3.05, 3.63) is 24.3 Å². The molecule has 0 bridgehead atoms. The van der Waals surface area contributed by atoms with Crippen molar-refractivity contribution in [1.29, 1.82) is 0 Å². The Balaban J connectivity index is 0.000000383. The van der Waals surface area contributed by atoms with Gasteiger partial charge in [0.15, 0.2) is 0 Å². The molecule has 1 aromatic rings. The quantitative estimate of drug-likeness (QED) is 0.813. The van der Waals surface area contributed by atoms with E-state index in [1.165, 1.54) is 24.3 Å². The maximum Gasteiger partial charge on any atom is 0.227 e. The molecule has 21 heavy (non-hydrogen) atoms. The molecule has 0 unspecified atom stereocenters. The lowest BCUT2D eigenvalue weighted by atomic mass is 10.1. The maximum absolute atomic E-state index is 11.4. The van der Waals surface area contributed by atoms with Crippen LogP contribution in [0.3, 0.4) is 0 Å². The van der Waals surface area contributed by atoms with E-state index >= 15 is 0 Å². The Morgan fingerprint density at radius 1 is 1.19 bits per heavy atom. The van der Waals surface area contributed by atoms with Crippen LogP contribution in [0.2, 0.25) is 0 Å². The fourth-order valence-electron chi connectivity index (χ4n) is 1.71. The number of anilines is 1. The standard InChI is InChI=1S/C10H11NO4S.C4H11N/c12-10-2-1-7-11(10)8-3-5-9(6-4-8)16(13,14)15;1-4(2,3)5/h3-6H,1-2,7H2,(H,13,14,15);5H2,1-3H3. The first-order valence-electron chi connectivity index (χ1n) is 6.70. The van der Waals surface area contributed by atoms with E-state index in [1.54, 1.807) is 4.90 Å². The van der Waals surface area contributed by atoms with Gasteiger partial charge in [-0.2, -0.15) is 0 Å². The van der Waals surface area contributed by atoms with E-state index < -0.39 is 10.1 Å². The summed E-state index contributed by atoms with van der Waals surface area (Å²) in [5, 5.41) is 0. The Labute approximate surface area is 125 Å². The molecule has 118 valence electrons. The normalized spacial score (nSPS) is 15.7. The predicted octanol–water partition coefficient (Wildman–Crippen LogP) is 0.744. The van der Waals surface area contributed by atoms with Gasteiger partial charge in [-0.25, -0.2) is 8.42 Å². The zero-order valence-corrected chi connectivity index (χ0v) is 13.4. The highest BCUT2D eigenvalue weighted by molar-refractivity contribution is 7.85. The predicted molar refractivity (Wildman–Crippen MR) is 78.6 cm³/mol. The van der Waals surface area contributed by atoms with Gasteiger partial charge in [0.2, 0.25) is 5.91 Å². The smallest absolute Gasteiger partial charge is 0.227 e. The number of benzene rings is 1. The lowest BCUT2D eigenvalue weighted by molar-refractivity contribution is -0.458. The highest BCUT2D eigenvalue weighted by Crippen LogP contribution is 2.22. The molecule has 1 saturated heterocycles. The minimum Gasteiger partial charge on any atom is -0.744 e. The monoisotopic (exact) mass is 314 g/mol. The van der Waals surface area contributed by atoms with Gasteiger partial charge in [-0.05, 0) is 51.5 Å². The lowest BCUT2D eigenvalue weighted by Crippen LogP contribution is -2.67. The number of hydrogen-bond acceptors (Lipinski definition) is 4. The molecule has 3 N–H and O–H groups in total. The van der Waals surface area contributed by atoms with Crippen LogP contribution in [0.25, 0.3) is 0 Å². The number of quaternary nitrogens is 1. The minimum atomic E-state index is -4.41. The molecule has 7 heteroatoms. The molecular weight excluding hydrogens is 292 g/mol. The topological polar surface area (TPSA) is 105 Å². The molecular formula is C14H22N2O4S. The van der Waals surface area contributed by atoms with Gasteiger partial charge in [-0.15, -0.1) is 0 Å². The lowest BCUT2D eigenvalue weighted by Gasteiger charge is -2.16. The van der Waals surface area contributed by atoms with Gasteiger partial charge in [0, 0.05) is 18.7 Å². The van der Waals surface area contributed by atoms with E-state index in [9.17, 15) is 17.8 Å². The Kier molecular flexibility index (Phi) is 5.49. The first-order chi connectivity index (χ1) is 9.48. The van der Waals surface area contributed by atoms with Crippen LogP contribution in [0.5, 0.6) is 0 Å². The van der Waals surface area contributed by atoms with Crippen LogP contribution in [-0.4, -0.2) is 31.0 Å². The Hall–Kier alpha value is -1.44. The molecule has 0 aliphatic carbocycles. The van der Waals surface area contributed by atoms with Crippen LogP contribution >= 0.6 is 0 Å². The second-order valence-corrected chi connectivity index (χ2v) is 7.54. The maximum atomic E-state index is 11.4. The summed E-state index contributed by atoms with van der Waals surface area (Å²) in [6.45, 7) is 6.87. The van der Waals surface area contributed by atoms with Crippen molar-refractivity contribution < 1.29 is 23.5 Å². The molecule has 0 aromatic heterocycles. The molecule has 2 rings (SSSR count). The van der Waals surface area contributed by atoms with E-state index in [4.69, 9.17) is 0 Å². The summed E-state index contributed by atoms with van der Waals surface area (Å²) < 4.78 is 32.1. The SMILES string of the molecule is CC(C)(C)[NH3+].O=C1CCCN1c1ccc(S(=O)(=O)[O-])cc1. The fraction of sp³-hybridized carbons (Fsp3) is 0.500. The average molecular weight is 314 g/mol. The van der Waals surface area contributed by atoms with Crippen LogP contribution in [0.15, 0.2) is 29.2 Å². The van der Waals surface area contributed by atoms with Gasteiger partial charge in [0.25, 0.3) is 0 Å². The van der Waals surface area contributed by atoms with Crippen LogP contribution in [0, 0.1) is 0 Å². The summed E-state index contributed by atoms with van der Waals surface area (Å²) in [7, 11) is -4.41. The molecule has 0 saturated carbocycles. The summed E-state index contributed by atoms with van der Waals surface area (Å²) in [5.74, 6) is 0.0257. The number of amides is 1. The van der Waals surface area contributed by atoms with Crippen molar-refractivity contribution in [2.24, 2.45) is 0 Å². The molecule has 1 heterocycles. The zero-order chi connectivity index (χ0) is 16.3. The van der Waals surface area contributed by atoms with Crippen molar-refractivity contribution in [3.63, 3.8) is 0 Å². The van der Waals surface area contributed by atoms with Crippen LogP contribution in [0.4, 0.5) is 5.69 Å². The first-order valence-corrected chi connectivity index (χ1v) is 8.11. The molecule has 1 amide bonds. The summed E-state index contributed by atoms with van der Waals surface area (Å²) >= 11 is 0. The summed E-state index contributed by atoms with van der Waals surface area (Å²) in [4.78, 5) is 12.7. The van der Waals surface area contributed by atoms with Gasteiger partial charge in [0.1, 0.15) is 10.1 Å². The van der Waals surface area contributed by atoms with Crippen molar-refractivity contribution in [3.8, 4) is 0 Å². The fourth-order valence-corrected chi connectivity index (χ4v) is 2.18. The number of carbonyl (C=O) groups is 1. The zero-order valence-electron chi connectivity index (χ0n) is 12.6. The molecule has 6 nitrogen and oxygen atoms in total. The van der Waals surface area contributed by atoms with E-state index in [0.717, 1.165) is 6.42 Å². The molecule has 0 atom stereocenters. The Morgan fingerprint density at radius 2 is 1.67 bits per heavy atom. The highest BCUT2D eigenvalue weighted by Gasteiger charge is 2.21. The van der Waals surface area contributed by atoms with Gasteiger partial charge in [-0.3, -0.25) is 4.79 Å². The first kappa shape index (κ1) is 17.6. The second kappa shape index (κ2) is 6.55. The van der Waals surface area contributed by atoms with Crippen molar-refractivity contribution in [2.75, 3.05) is 11.4 Å². The van der Waals surface area contributed by atoms with Gasteiger partial charge in [0.05, 0.1) is 10.4 Å². The molecule has 1 aromatic carbocycles. The van der Waals surface area contributed by atoms with E-state index in [1.807, 2.05) is 0 Å². The van der Waals surface area contributed by atoms with Gasteiger partial charge in [-0.1, -0.05) is 0 Å². The van der Waals surface area contributed by atoms with E-state index in [0.29, 0.717) is 18.7 Å². The third kappa shape index (κ3) is 6.24.